The van der Waals surface area contributed by atoms with Crippen LogP contribution in [0.15, 0.2) is 46.0 Å². The Balaban J connectivity index is 1.59. The van der Waals surface area contributed by atoms with Gasteiger partial charge in [-0.2, -0.15) is 0 Å². The number of amidine groups is 1. The van der Waals surface area contributed by atoms with Crippen molar-refractivity contribution in [2.45, 2.75) is 31.3 Å². The van der Waals surface area contributed by atoms with Gasteiger partial charge in [-0.05, 0) is 36.8 Å². The van der Waals surface area contributed by atoms with Crippen LogP contribution < -0.4 is 5.32 Å². The fraction of sp³-hybridized carbons (Fsp3) is 0.435. The molecule has 1 saturated carbocycles. The van der Waals surface area contributed by atoms with Crippen molar-refractivity contribution in [3.63, 3.8) is 0 Å². The number of benzene rings is 1. The monoisotopic (exact) mass is 490 g/mol. The Morgan fingerprint density at radius 2 is 2.27 bits per heavy atom. The Morgan fingerprint density at radius 1 is 1.45 bits per heavy atom. The van der Waals surface area contributed by atoms with Gasteiger partial charge in [0.2, 0.25) is 0 Å². The predicted molar refractivity (Wildman–Crippen MR) is 124 cm³/mol. The SMILES string of the molecule is COC(=O)C1=C(CN2CC3(CC3)C[C@H]2CO)NC(c2nccs2)=N[C@H]1c1ccc(F)cc1Cl. The average molecular weight is 491 g/mol. The van der Waals surface area contributed by atoms with E-state index in [0.29, 0.717) is 34.2 Å². The Labute approximate surface area is 199 Å². The lowest BCUT2D eigenvalue weighted by atomic mass is 9.95. The molecule has 10 heteroatoms. The summed E-state index contributed by atoms with van der Waals surface area (Å²) >= 11 is 7.82. The zero-order valence-electron chi connectivity index (χ0n) is 18.1. The second-order valence-corrected chi connectivity index (χ2v) is 10.1. The molecule has 2 aromatic rings. The number of nitrogens with zero attached hydrogens (tertiary/aromatic N) is 3. The van der Waals surface area contributed by atoms with Crippen LogP contribution in [0.25, 0.3) is 0 Å². The first-order chi connectivity index (χ1) is 15.9. The molecule has 2 atom stereocenters. The highest BCUT2D eigenvalue weighted by atomic mass is 35.5. The minimum Gasteiger partial charge on any atom is -0.466 e. The molecule has 3 aliphatic rings. The maximum Gasteiger partial charge on any atom is 0.338 e. The molecule has 3 heterocycles. The molecule has 1 aromatic heterocycles. The number of aliphatic hydroxyl groups excluding tert-OH is 1. The van der Waals surface area contributed by atoms with Gasteiger partial charge in [-0.1, -0.05) is 17.7 Å². The second-order valence-electron chi connectivity index (χ2n) is 8.84. The molecule has 1 spiro atoms. The zero-order valence-corrected chi connectivity index (χ0v) is 19.6. The summed E-state index contributed by atoms with van der Waals surface area (Å²) in [4.78, 5) is 24.3. The van der Waals surface area contributed by atoms with Gasteiger partial charge < -0.3 is 15.2 Å². The molecular formula is C23H24ClFN4O3S. The summed E-state index contributed by atoms with van der Waals surface area (Å²) in [5.74, 6) is -0.493. The number of aromatic nitrogens is 1. The quantitative estimate of drug-likeness (QED) is 0.604. The minimum atomic E-state index is -0.786. The lowest BCUT2D eigenvalue weighted by Crippen LogP contribution is -2.42. The van der Waals surface area contributed by atoms with E-state index in [1.54, 1.807) is 12.3 Å². The molecule has 0 amide bonds. The van der Waals surface area contributed by atoms with Crippen molar-refractivity contribution in [2.75, 3.05) is 26.8 Å². The molecule has 1 saturated heterocycles. The number of hydrogen-bond acceptors (Lipinski definition) is 8. The fourth-order valence-electron chi connectivity index (χ4n) is 4.83. The normalized spacial score (nSPS) is 24.1. The standard InChI is InChI=1S/C23H24ClFN4O3S/c1-32-22(31)18-17(10-29-12-23(4-5-23)9-14(29)11-30)27-20(21-26-6-7-33-21)28-19(18)15-3-2-13(25)8-16(15)24/h2-3,6-8,14,19,30H,4-5,9-12H2,1H3,(H,27,28)/t14-,19-/m0/s1. The van der Waals surface area contributed by atoms with E-state index in [2.05, 4.69) is 15.2 Å². The first kappa shape index (κ1) is 22.5. The van der Waals surface area contributed by atoms with Crippen LogP contribution in [0.5, 0.6) is 0 Å². The summed E-state index contributed by atoms with van der Waals surface area (Å²) < 4.78 is 18.9. The Morgan fingerprint density at radius 3 is 2.91 bits per heavy atom. The number of nitrogens with one attached hydrogen (secondary N) is 1. The number of halogens is 2. The number of aliphatic imine (C=N–C) groups is 1. The van der Waals surface area contributed by atoms with Crippen molar-refractivity contribution in [3.05, 3.63) is 62.5 Å². The molecule has 2 fully saturated rings. The van der Waals surface area contributed by atoms with Crippen LogP contribution in [0.1, 0.15) is 35.9 Å². The number of carbonyl (C=O) groups excluding carboxylic acids is 1. The molecule has 2 aliphatic heterocycles. The third-order valence-electron chi connectivity index (χ3n) is 6.68. The largest absolute Gasteiger partial charge is 0.466 e. The average Bonchev–Trinajstić information content (AvgIpc) is 3.20. The van der Waals surface area contributed by atoms with Crippen LogP contribution in [0, 0.1) is 11.2 Å². The van der Waals surface area contributed by atoms with Crippen molar-refractivity contribution < 1.29 is 19.0 Å². The van der Waals surface area contributed by atoms with Crippen molar-refractivity contribution >= 4 is 34.7 Å². The number of ether oxygens (including phenoxy) is 1. The highest BCUT2D eigenvalue weighted by Gasteiger charge is 2.52. The Kier molecular flexibility index (Phi) is 5.98. The summed E-state index contributed by atoms with van der Waals surface area (Å²) in [6.07, 6.45) is 4.96. The van der Waals surface area contributed by atoms with Crippen molar-refractivity contribution in [3.8, 4) is 0 Å². The molecule has 7 nitrogen and oxygen atoms in total. The fourth-order valence-corrected chi connectivity index (χ4v) is 5.69. The van der Waals surface area contributed by atoms with Gasteiger partial charge in [0.05, 0.1) is 19.3 Å². The van der Waals surface area contributed by atoms with E-state index in [1.807, 2.05) is 5.38 Å². The maximum atomic E-state index is 13.8. The van der Waals surface area contributed by atoms with Gasteiger partial charge >= 0.3 is 5.97 Å². The number of hydrogen-bond donors (Lipinski definition) is 2. The molecule has 174 valence electrons. The summed E-state index contributed by atoms with van der Waals surface area (Å²) in [5.41, 5.74) is 1.73. The second kappa shape index (κ2) is 8.79. The molecule has 0 bridgehead atoms. The lowest BCUT2D eigenvalue weighted by molar-refractivity contribution is -0.136. The third kappa shape index (κ3) is 4.30. The summed E-state index contributed by atoms with van der Waals surface area (Å²) in [5, 5.41) is 16.0. The Hall–Kier alpha value is -2.33. The lowest BCUT2D eigenvalue weighted by Gasteiger charge is -2.31. The summed E-state index contributed by atoms with van der Waals surface area (Å²) in [6, 6.07) is 3.30. The highest BCUT2D eigenvalue weighted by Crippen LogP contribution is 2.54. The van der Waals surface area contributed by atoms with Gasteiger partial charge in [0.1, 0.15) is 11.9 Å². The van der Waals surface area contributed by atoms with Crippen LogP contribution in [0.2, 0.25) is 5.02 Å². The third-order valence-corrected chi connectivity index (χ3v) is 7.78. The number of esters is 1. The molecule has 33 heavy (non-hydrogen) atoms. The summed E-state index contributed by atoms with van der Waals surface area (Å²) in [7, 11) is 1.32. The predicted octanol–water partition coefficient (Wildman–Crippen LogP) is 3.30. The first-order valence-electron chi connectivity index (χ1n) is 10.8. The number of rotatable bonds is 6. The topological polar surface area (TPSA) is 87.0 Å². The van der Waals surface area contributed by atoms with Crippen molar-refractivity contribution in [1.29, 1.82) is 0 Å². The smallest absolute Gasteiger partial charge is 0.338 e. The van der Waals surface area contributed by atoms with E-state index >= 15 is 0 Å². The summed E-state index contributed by atoms with van der Waals surface area (Å²) in [6.45, 7) is 1.34. The number of methoxy groups -OCH3 is 1. The molecule has 2 N–H and O–H groups in total. The van der Waals surface area contributed by atoms with Crippen molar-refractivity contribution in [1.82, 2.24) is 15.2 Å². The number of likely N-dealkylation sites (tertiary alicyclic amines) is 1. The molecule has 0 unspecified atom stereocenters. The van der Waals surface area contributed by atoms with Gasteiger partial charge in [0, 0.05) is 47.0 Å². The molecular weight excluding hydrogens is 467 g/mol. The Bertz CT molecular complexity index is 1130. The number of thiazole rings is 1. The number of aliphatic hydroxyl groups is 1. The number of carbonyl (C=O) groups is 1. The molecule has 1 aromatic carbocycles. The van der Waals surface area contributed by atoms with E-state index < -0.39 is 17.8 Å². The minimum absolute atomic E-state index is 0.0238. The van der Waals surface area contributed by atoms with E-state index in [1.165, 1.54) is 30.6 Å². The van der Waals surface area contributed by atoms with Crippen LogP contribution in [0.4, 0.5) is 4.39 Å². The van der Waals surface area contributed by atoms with Gasteiger partial charge in [0.15, 0.2) is 10.8 Å². The molecule has 0 radical (unpaired) electrons. The van der Waals surface area contributed by atoms with Crippen LogP contribution in [-0.2, 0) is 9.53 Å². The van der Waals surface area contributed by atoms with E-state index in [4.69, 9.17) is 21.3 Å². The molecule has 1 aliphatic carbocycles. The van der Waals surface area contributed by atoms with Crippen LogP contribution in [-0.4, -0.2) is 59.6 Å². The van der Waals surface area contributed by atoms with Gasteiger partial charge in [0.25, 0.3) is 0 Å². The van der Waals surface area contributed by atoms with Crippen molar-refractivity contribution in [2.24, 2.45) is 10.4 Å². The van der Waals surface area contributed by atoms with E-state index in [-0.39, 0.29) is 23.1 Å². The van der Waals surface area contributed by atoms with Crippen LogP contribution >= 0.6 is 22.9 Å². The first-order valence-corrected chi connectivity index (χ1v) is 12.0. The zero-order chi connectivity index (χ0) is 23.2. The van der Waals surface area contributed by atoms with E-state index in [9.17, 15) is 14.3 Å². The highest BCUT2D eigenvalue weighted by molar-refractivity contribution is 7.11. The molecule has 5 rings (SSSR count). The maximum absolute atomic E-state index is 13.8. The van der Waals surface area contributed by atoms with Gasteiger partial charge in [-0.15, -0.1) is 11.3 Å². The van der Waals surface area contributed by atoms with Gasteiger partial charge in [-0.3, -0.25) is 9.89 Å². The van der Waals surface area contributed by atoms with E-state index in [0.717, 1.165) is 25.8 Å². The van der Waals surface area contributed by atoms with Crippen LogP contribution in [0.3, 0.4) is 0 Å². The van der Waals surface area contributed by atoms with Gasteiger partial charge in [-0.25, -0.2) is 14.2 Å².